The van der Waals surface area contributed by atoms with E-state index in [1.807, 2.05) is 55.5 Å². The predicted molar refractivity (Wildman–Crippen MR) is 110 cm³/mol. The number of benzene rings is 1. The average Bonchev–Trinajstić information content (AvgIpc) is 3.36. The average molecular weight is 372 g/mol. The van der Waals surface area contributed by atoms with E-state index in [0.717, 1.165) is 28.3 Å². The summed E-state index contributed by atoms with van der Waals surface area (Å²) in [5, 5.41) is 10.5. The molecule has 0 unspecified atom stereocenters. The van der Waals surface area contributed by atoms with Gasteiger partial charge in [0.2, 0.25) is 0 Å². The van der Waals surface area contributed by atoms with E-state index < -0.39 is 0 Å². The highest BCUT2D eigenvalue weighted by atomic mass is 16.3. The third-order valence-electron chi connectivity index (χ3n) is 4.10. The molecular formula is C21H20N6O. The first-order valence-electron chi connectivity index (χ1n) is 8.87. The zero-order valence-corrected chi connectivity index (χ0v) is 15.4. The summed E-state index contributed by atoms with van der Waals surface area (Å²) in [5.41, 5.74) is 9.93. The summed E-state index contributed by atoms with van der Waals surface area (Å²) in [6, 6.07) is 15.6. The Labute approximate surface area is 162 Å². The van der Waals surface area contributed by atoms with Crippen LogP contribution in [0.3, 0.4) is 0 Å². The molecule has 4 N–H and O–H groups in total. The van der Waals surface area contributed by atoms with Gasteiger partial charge in [0.15, 0.2) is 5.82 Å². The van der Waals surface area contributed by atoms with E-state index in [1.54, 1.807) is 12.3 Å². The summed E-state index contributed by atoms with van der Waals surface area (Å²) in [6.45, 7) is 2.51. The third kappa shape index (κ3) is 4.27. The third-order valence-corrected chi connectivity index (χ3v) is 4.10. The van der Waals surface area contributed by atoms with Gasteiger partial charge in [0.05, 0.1) is 18.5 Å². The van der Waals surface area contributed by atoms with E-state index in [4.69, 9.17) is 10.2 Å². The molecule has 3 aromatic heterocycles. The summed E-state index contributed by atoms with van der Waals surface area (Å²) in [7, 11) is 0. The lowest BCUT2D eigenvalue weighted by molar-refractivity contribution is 0.518. The van der Waals surface area contributed by atoms with Crippen molar-refractivity contribution >= 4 is 23.8 Å². The number of anilines is 2. The van der Waals surface area contributed by atoms with Crippen molar-refractivity contribution in [2.24, 2.45) is 0 Å². The van der Waals surface area contributed by atoms with Gasteiger partial charge in [0.25, 0.3) is 0 Å². The molecule has 4 aromatic rings. The molecule has 0 bridgehead atoms. The lowest BCUT2D eigenvalue weighted by Crippen LogP contribution is -2.04. The van der Waals surface area contributed by atoms with Crippen LogP contribution in [-0.2, 0) is 6.54 Å². The van der Waals surface area contributed by atoms with Gasteiger partial charge in [-0.3, -0.25) is 5.10 Å². The van der Waals surface area contributed by atoms with Crippen LogP contribution in [0.1, 0.15) is 22.8 Å². The Kier molecular flexibility index (Phi) is 4.88. The molecular weight excluding hydrogens is 352 g/mol. The Bertz CT molecular complexity index is 1100. The Morgan fingerprint density at radius 1 is 1.11 bits per heavy atom. The summed E-state index contributed by atoms with van der Waals surface area (Å²) in [4.78, 5) is 8.76. The van der Waals surface area contributed by atoms with Crippen LogP contribution in [0.5, 0.6) is 0 Å². The summed E-state index contributed by atoms with van der Waals surface area (Å²) >= 11 is 0. The Balaban J connectivity index is 1.51. The van der Waals surface area contributed by atoms with Crippen LogP contribution >= 0.6 is 0 Å². The highest BCUT2D eigenvalue weighted by Crippen LogP contribution is 2.20. The number of aromatic amines is 1. The van der Waals surface area contributed by atoms with Crippen LogP contribution in [0.2, 0.25) is 0 Å². The quantitative estimate of drug-likeness (QED) is 0.470. The minimum atomic E-state index is 0.400. The number of nitrogens with one attached hydrogen (secondary N) is 2. The molecule has 7 nitrogen and oxygen atoms in total. The van der Waals surface area contributed by atoms with Crippen molar-refractivity contribution in [3.63, 3.8) is 0 Å². The number of furan rings is 1. The molecule has 0 spiro atoms. The van der Waals surface area contributed by atoms with Crippen molar-refractivity contribution < 1.29 is 4.42 Å². The van der Waals surface area contributed by atoms with Crippen LogP contribution in [-0.4, -0.2) is 20.2 Å². The van der Waals surface area contributed by atoms with Crippen molar-refractivity contribution in [3.8, 4) is 11.3 Å². The molecule has 0 radical (unpaired) electrons. The molecule has 0 aliphatic carbocycles. The van der Waals surface area contributed by atoms with Gasteiger partial charge < -0.3 is 15.5 Å². The van der Waals surface area contributed by atoms with Gasteiger partial charge in [0.1, 0.15) is 17.4 Å². The van der Waals surface area contributed by atoms with E-state index >= 15 is 0 Å². The largest absolute Gasteiger partial charge is 0.467 e. The molecule has 4 rings (SSSR count). The highest BCUT2D eigenvalue weighted by Gasteiger charge is 2.04. The molecule has 0 fully saturated rings. The first-order valence-corrected chi connectivity index (χ1v) is 8.87. The van der Waals surface area contributed by atoms with E-state index in [-0.39, 0.29) is 0 Å². The van der Waals surface area contributed by atoms with Gasteiger partial charge in [-0.05, 0) is 42.8 Å². The smallest absolute Gasteiger partial charge is 0.156 e. The number of H-pyrrole nitrogens is 1. The summed E-state index contributed by atoms with van der Waals surface area (Å²) in [6.07, 6.45) is 5.43. The fourth-order valence-corrected chi connectivity index (χ4v) is 2.78. The SMILES string of the molecule is Cc1cc(-c2cccc(C=Cc3nc(N)cc(NCc4ccco4)n3)c2)n[nH]1. The van der Waals surface area contributed by atoms with Crippen LogP contribution in [0.25, 0.3) is 23.4 Å². The molecule has 3 heterocycles. The normalized spacial score (nSPS) is 11.2. The van der Waals surface area contributed by atoms with Crippen LogP contribution in [0.15, 0.2) is 59.2 Å². The van der Waals surface area contributed by atoms with Crippen molar-refractivity contribution in [1.82, 2.24) is 20.2 Å². The number of nitrogens with two attached hydrogens (primary N) is 1. The van der Waals surface area contributed by atoms with Gasteiger partial charge in [-0.25, -0.2) is 9.97 Å². The second kappa shape index (κ2) is 7.79. The van der Waals surface area contributed by atoms with E-state index in [9.17, 15) is 0 Å². The van der Waals surface area contributed by atoms with Crippen LogP contribution in [0.4, 0.5) is 11.6 Å². The first-order chi connectivity index (χ1) is 13.7. The van der Waals surface area contributed by atoms with E-state index in [0.29, 0.717) is 24.0 Å². The lowest BCUT2D eigenvalue weighted by atomic mass is 10.1. The van der Waals surface area contributed by atoms with Crippen LogP contribution in [0, 0.1) is 6.92 Å². The van der Waals surface area contributed by atoms with Gasteiger partial charge in [-0.1, -0.05) is 24.3 Å². The number of aromatic nitrogens is 4. The Morgan fingerprint density at radius 3 is 2.82 bits per heavy atom. The summed E-state index contributed by atoms with van der Waals surface area (Å²) < 4.78 is 5.31. The standard InChI is InChI=1S/C21H20N6O/c1-14-10-18(27-26-14)16-5-2-4-15(11-16)7-8-20-24-19(22)12-21(25-20)23-13-17-6-3-9-28-17/h2-12H,13H2,1H3,(H,26,27)(H3,22,23,24,25). The van der Waals surface area contributed by atoms with Gasteiger partial charge in [-0.15, -0.1) is 0 Å². The molecule has 1 aromatic carbocycles. The zero-order valence-electron chi connectivity index (χ0n) is 15.4. The predicted octanol–water partition coefficient (Wildman–Crippen LogP) is 4.13. The monoisotopic (exact) mass is 372 g/mol. The first kappa shape index (κ1) is 17.5. The molecule has 0 amide bonds. The molecule has 0 saturated carbocycles. The van der Waals surface area contributed by atoms with Crippen LogP contribution < -0.4 is 11.1 Å². The summed E-state index contributed by atoms with van der Waals surface area (Å²) in [5.74, 6) is 2.39. The minimum absolute atomic E-state index is 0.400. The maximum atomic E-state index is 5.92. The maximum absolute atomic E-state index is 5.92. The molecule has 140 valence electrons. The number of hydrogen-bond donors (Lipinski definition) is 3. The number of hydrogen-bond acceptors (Lipinski definition) is 6. The number of nitrogens with zero attached hydrogens (tertiary/aromatic N) is 3. The van der Waals surface area contributed by atoms with Gasteiger partial charge >= 0.3 is 0 Å². The Morgan fingerprint density at radius 2 is 2.04 bits per heavy atom. The molecule has 0 atom stereocenters. The van der Waals surface area contributed by atoms with E-state index in [2.05, 4.69) is 31.5 Å². The zero-order chi connectivity index (χ0) is 19.3. The fraction of sp³-hybridized carbons (Fsp3) is 0.0952. The molecule has 0 saturated heterocycles. The van der Waals surface area contributed by atoms with E-state index in [1.165, 1.54) is 0 Å². The number of aryl methyl sites for hydroxylation is 1. The van der Waals surface area contributed by atoms with Crippen molar-refractivity contribution in [1.29, 1.82) is 0 Å². The number of rotatable bonds is 6. The molecule has 0 aliphatic heterocycles. The lowest BCUT2D eigenvalue weighted by Gasteiger charge is -2.05. The fourth-order valence-electron chi connectivity index (χ4n) is 2.78. The Hall–Kier alpha value is -3.87. The maximum Gasteiger partial charge on any atom is 0.156 e. The molecule has 28 heavy (non-hydrogen) atoms. The minimum Gasteiger partial charge on any atom is -0.467 e. The van der Waals surface area contributed by atoms with Crippen molar-refractivity contribution in [3.05, 3.63) is 77.6 Å². The van der Waals surface area contributed by atoms with Crippen molar-refractivity contribution in [2.75, 3.05) is 11.1 Å². The number of nitrogen functional groups attached to an aromatic ring is 1. The molecule has 0 aliphatic rings. The van der Waals surface area contributed by atoms with Crippen molar-refractivity contribution in [2.45, 2.75) is 13.5 Å². The van der Waals surface area contributed by atoms with Gasteiger partial charge in [-0.2, -0.15) is 5.10 Å². The highest BCUT2D eigenvalue weighted by molar-refractivity contribution is 5.71. The van der Waals surface area contributed by atoms with Gasteiger partial charge in [0, 0.05) is 17.3 Å². The second-order valence-electron chi connectivity index (χ2n) is 6.36. The topological polar surface area (TPSA) is 106 Å². The second-order valence-corrected chi connectivity index (χ2v) is 6.36. The molecule has 7 heteroatoms.